The number of aryl methyl sites for hydroxylation is 1. The zero-order valence-corrected chi connectivity index (χ0v) is 8.61. The summed E-state index contributed by atoms with van der Waals surface area (Å²) >= 11 is 0. The highest BCUT2D eigenvalue weighted by molar-refractivity contribution is 5.32. The summed E-state index contributed by atoms with van der Waals surface area (Å²) in [5, 5.41) is 6.89. The lowest BCUT2D eigenvalue weighted by atomic mass is 10.1. The van der Waals surface area contributed by atoms with Crippen molar-refractivity contribution < 1.29 is 14.3 Å². The van der Waals surface area contributed by atoms with E-state index < -0.39 is 0 Å². The van der Waals surface area contributed by atoms with Gasteiger partial charge in [-0.05, 0) is 18.6 Å². The van der Waals surface area contributed by atoms with Gasteiger partial charge in [0, 0.05) is 6.42 Å². The first-order valence-corrected chi connectivity index (χ1v) is 4.95. The fourth-order valence-corrected chi connectivity index (χ4v) is 1.18. The van der Waals surface area contributed by atoms with Crippen LogP contribution in [0.15, 0.2) is 22.8 Å². The first kappa shape index (κ1) is 12.8. The topological polar surface area (TPSA) is 50.4 Å². The Hall–Kier alpha value is -1.25. The Balaban J connectivity index is 0.000000500. The van der Waals surface area contributed by atoms with Crippen molar-refractivity contribution in [2.24, 2.45) is 0 Å². The quantitative estimate of drug-likeness (QED) is 0.584. The molecule has 0 bridgehead atoms. The van der Waals surface area contributed by atoms with Crippen molar-refractivity contribution in [3.8, 4) is 0 Å². The zero-order chi connectivity index (χ0) is 10.6. The second-order valence-corrected chi connectivity index (χ2v) is 3.00. The van der Waals surface area contributed by atoms with Crippen molar-refractivity contribution in [1.29, 1.82) is 0 Å². The minimum Gasteiger partial charge on any atom is -0.483 e. The van der Waals surface area contributed by atoms with Crippen LogP contribution < -0.4 is 0 Å². The van der Waals surface area contributed by atoms with Gasteiger partial charge in [-0.2, -0.15) is 0 Å². The van der Waals surface area contributed by atoms with Gasteiger partial charge < -0.3 is 9.52 Å². The van der Waals surface area contributed by atoms with Crippen LogP contribution in [0.5, 0.6) is 0 Å². The molecule has 1 heterocycles. The predicted molar refractivity (Wildman–Crippen MR) is 55.2 cm³/mol. The molecular weight excluding hydrogens is 180 g/mol. The van der Waals surface area contributed by atoms with Crippen molar-refractivity contribution in [1.82, 2.24) is 0 Å². The summed E-state index contributed by atoms with van der Waals surface area (Å²) in [5.74, 6) is 1.13. The van der Waals surface area contributed by atoms with Gasteiger partial charge in [0.1, 0.15) is 5.76 Å². The molecule has 1 aromatic rings. The van der Waals surface area contributed by atoms with Gasteiger partial charge in [-0.1, -0.05) is 26.2 Å². The van der Waals surface area contributed by atoms with Crippen LogP contribution in [0.2, 0.25) is 0 Å². The third-order valence-corrected chi connectivity index (χ3v) is 1.86. The van der Waals surface area contributed by atoms with Gasteiger partial charge in [0.25, 0.3) is 6.47 Å². The van der Waals surface area contributed by atoms with Crippen LogP contribution in [0.25, 0.3) is 0 Å². The molecule has 0 fully saturated rings. The van der Waals surface area contributed by atoms with Crippen molar-refractivity contribution in [3.05, 3.63) is 24.2 Å². The molecule has 0 atom stereocenters. The van der Waals surface area contributed by atoms with E-state index in [2.05, 4.69) is 6.92 Å². The Bertz CT molecular complexity index is 204. The van der Waals surface area contributed by atoms with Crippen LogP contribution in [-0.2, 0) is 11.2 Å². The summed E-state index contributed by atoms with van der Waals surface area (Å²) in [6.07, 6.45) is 8.10. The number of carboxylic acid groups (broad SMARTS) is 1. The maximum absolute atomic E-state index is 8.36. The first-order chi connectivity index (χ1) is 6.85. The number of rotatable bonds is 5. The number of furan rings is 1. The van der Waals surface area contributed by atoms with Crippen LogP contribution in [0.3, 0.4) is 0 Å². The minimum absolute atomic E-state index is 0.250. The Morgan fingerprint density at radius 2 is 2.14 bits per heavy atom. The molecule has 0 aliphatic carbocycles. The van der Waals surface area contributed by atoms with Crippen molar-refractivity contribution >= 4 is 6.47 Å². The average Bonchev–Trinajstić information content (AvgIpc) is 2.66. The van der Waals surface area contributed by atoms with E-state index in [0.29, 0.717) is 0 Å². The van der Waals surface area contributed by atoms with E-state index in [1.165, 1.54) is 25.7 Å². The molecule has 0 saturated carbocycles. The number of unbranched alkanes of at least 4 members (excludes halogenated alkanes) is 3. The third-order valence-electron chi connectivity index (χ3n) is 1.86. The maximum Gasteiger partial charge on any atom is 0.290 e. The minimum atomic E-state index is -0.250. The van der Waals surface area contributed by atoms with Crippen LogP contribution >= 0.6 is 0 Å². The summed E-state index contributed by atoms with van der Waals surface area (Å²) in [7, 11) is 0. The number of carbonyl (C=O) groups is 1. The predicted octanol–water partition coefficient (Wildman–Crippen LogP) is 3.10. The van der Waals surface area contributed by atoms with Crippen LogP contribution in [0.4, 0.5) is 0 Å². The third kappa shape index (κ3) is 7.40. The molecule has 0 aliphatic heterocycles. The molecule has 0 saturated heterocycles. The first-order valence-electron chi connectivity index (χ1n) is 4.95. The molecule has 0 unspecified atom stereocenters. The molecule has 3 heteroatoms. The van der Waals surface area contributed by atoms with Crippen LogP contribution in [0.1, 0.15) is 38.4 Å². The molecule has 0 amide bonds. The second-order valence-electron chi connectivity index (χ2n) is 3.00. The lowest BCUT2D eigenvalue weighted by molar-refractivity contribution is -0.122. The molecule has 1 N–H and O–H groups in total. The molecule has 80 valence electrons. The van der Waals surface area contributed by atoms with Gasteiger partial charge in [-0.25, -0.2) is 0 Å². The Morgan fingerprint density at radius 1 is 1.43 bits per heavy atom. The summed E-state index contributed by atoms with van der Waals surface area (Å²) < 4.78 is 5.21. The lowest BCUT2D eigenvalue weighted by Crippen LogP contribution is -1.81. The molecule has 1 aromatic heterocycles. The van der Waals surface area contributed by atoms with Crippen molar-refractivity contribution in [2.75, 3.05) is 0 Å². The van der Waals surface area contributed by atoms with Crippen molar-refractivity contribution in [2.45, 2.75) is 39.0 Å². The van der Waals surface area contributed by atoms with Gasteiger partial charge in [-0.3, -0.25) is 4.79 Å². The molecular formula is C11H18O3. The standard InChI is InChI=1S/C10H16O.CH2O2/c1-2-3-4-5-7-10-8-6-9-11-10;2-1-3/h6,8-9H,2-5,7H2,1H3;1H,(H,2,3). The van der Waals surface area contributed by atoms with Gasteiger partial charge >= 0.3 is 0 Å². The van der Waals surface area contributed by atoms with E-state index in [1.54, 1.807) is 6.26 Å². The Morgan fingerprint density at radius 3 is 2.64 bits per heavy atom. The lowest BCUT2D eigenvalue weighted by Gasteiger charge is -1.95. The summed E-state index contributed by atoms with van der Waals surface area (Å²) in [4.78, 5) is 8.36. The molecule has 0 spiro atoms. The highest BCUT2D eigenvalue weighted by atomic mass is 16.3. The summed E-state index contributed by atoms with van der Waals surface area (Å²) in [6, 6.07) is 4.00. The monoisotopic (exact) mass is 198 g/mol. The fourth-order valence-electron chi connectivity index (χ4n) is 1.18. The zero-order valence-electron chi connectivity index (χ0n) is 8.61. The summed E-state index contributed by atoms with van der Waals surface area (Å²) in [6.45, 7) is 1.98. The highest BCUT2D eigenvalue weighted by Gasteiger charge is 1.93. The highest BCUT2D eigenvalue weighted by Crippen LogP contribution is 2.07. The van der Waals surface area contributed by atoms with E-state index in [0.717, 1.165) is 12.2 Å². The van der Waals surface area contributed by atoms with Crippen LogP contribution in [0, 0.1) is 0 Å². The van der Waals surface area contributed by atoms with Crippen molar-refractivity contribution in [3.63, 3.8) is 0 Å². The normalized spacial score (nSPS) is 8.93. The van der Waals surface area contributed by atoms with Gasteiger partial charge in [0.2, 0.25) is 0 Å². The Labute approximate surface area is 84.7 Å². The maximum atomic E-state index is 8.36. The molecule has 3 nitrogen and oxygen atoms in total. The summed E-state index contributed by atoms with van der Waals surface area (Å²) in [5.41, 5.74) is 0. The molecule has 0 radical (unpaired) electrons. The van der Waals surface area contributed by atoms with E-state index in [9.17, 15) is 0 Å². The molecule has 0 aromatic carbocycles. The number of hydrogen-bond donors (Lipinski definition) is 1. The molecule has 1 rings (SSSR count). The number of hydrogen-bond acceptors (Lipinski definition) is 2. The molecule has 0 aliphatic rings. The average molecular weight is 198 g/mol. The smallest absolute Gasteiger partial charge is 0.290 e. The van der Waals surface area contributed by atoms with E-state index in [4.69, 9.17) is 14.3 Å². The largest absolute Gasteiger partial charge is 0.483 e. The fraction of sp³-hybridized carbons (Fsp3) is 0.545. The SMILES string of the molecule is CCCCCCc1ccco1.O=CO. The van der Waals surface area contributed by atoms with Gasteiger partial charge in [-0.15, -0.1) is 0 Å². The molecule has 14 heavy (non-hydrogen) atoms. The van der Waals surface area contributed by atoms with Gasteiger partial charge in [0.15, 0.2) is 0 Å². The van der Waals surface area contributed by atoms with E-state index in [1.807, 2.05) is 12.1 Å². The second kappa shape index (κ2) is 9.84. The van der Waals surface area contributed by atoms with E-state index >= 15 is 0 Å². The Kier molecular flexibility index (Phi) is 8.96. The van der Waals surface area contributed by atoms with Gasteiger partial charge in [0.05, 0.1) is 6.26 Å². The van der Waals surface area contributed by atoms with E-state index in [-0.39, 0.29) is 6.47 Å². The van der Waals surface area contributed by atoms with Crippen LogP contribution in [-0.4, -0.2) is 11.6 Å².